The predicted octanol–water partition coefficient (Wildman–Crippen LogP) is 5.50. The minimum Gasteiger partial charge on any atom is -0.245 e. The second kappa shape index (κ2) is 6.10. The summed E-state index contributed by atoms with van der Waals surface area (Å²) < 4.78 is 2.29. The largest absolute Gasteiger partial charge is 0.245 e. The van der Waals surface area contributed by atoms with E-state index in [4.69, 9.17) is 9.97 Å². The summed E-state index contributed by atoms with van der Waals surface area (Å²) >= 11 is 0. The molecule has 3 nitrogen and oxygen atoms in total. The maximum absolute atomic E-state index is 4.78. The number of benzene rings is 3. The molecule has 28 heavy (non-hydrogen) atoms. The van der Waals surface area contributed by atoms with Gasteiger partial charge in [-0.25, -0.2) is 9.97 Å². The second-order valence-corrected chi connectivity index (χ2v) is 7.88. The summed E-state index contributed by atoms with van der Waals surface area (Å²) in [6, 6.07) is 22.9. The molecule has 0 fully saturated rings. The van der Waals surface area contributed by atoms with Crippen LogP contribution in [-0.4, -0.2) is 27.3 Å². The zero-order valence-corrected chi connectivity index (χ0v) is 16.3. The average Bonchev–Trinajstić information content (AvgIpc) is 2.90. The predicted molar refractivity (Wildman–Crippen MR) is 116 cm³/mol. The van der Waals surface area contributed by atoms with Gasteiger partial charge in [0.1, 0.15) is 7.05 Å². The molecule has 0 spiro atoms. The summed E-state index contributed by atoms with van der Waals surface area (Å²) in [7, 11) is 2.14. The van der Waals surface area contributed by atoms with Crippen molar-refractivity contribution in [1.29, 1.82) is 0 Å². The molecule has 3 aromatic carbocycles. The van der Waals surface area contributed by atoms with Crippen molar-refractivity contribution in [3.8, 4) is 0 Å². The van der Waals surface area contributed by atoms with E-state index in [0.717, 1.165) is 27.6 Å². The lowest BCUT2D eigenvalue weighted by atomic mass is 9.81. The highest BCUT2D eigenvalue weighted by Gasteiger charge is 2.42. The Balaban J connectivity index is 1.56. The smallest absolute Gasteiger partial charge is 0.209 e. The van der Waals surface area contributed by atoms with E-state index in [1.165, 1.54) is 17.0 Å². The van der Waals surface area contributed by atoms with Crippen LogP contribution in [0.3, 0.4) is 0 Å². The molecule has 0 amide bonds. The van der Waals surface area contributed by atoms with Gasteiger partial charge in [-0.2, -0.15) is 4.58 Å². The zero-order chi connectivity index (χ0) is 19.3. The van der Waals surface area contributed by atoms with Crippen molar-refractivity contribution in [3.63, 3.8) is 0 Å². The first kappa shape index (κ1) is 16.8. The van der Waals surface area contributed by atoms with Gasteiger partial charge in [-0.05, 0) is 49.8 Å². The molecule has 0 N–H and O–H groups in total. The van der Waals surface area contributed by atoms with Crippen molar-refractivity contribution in [2.75, 3.05) is 7.05 Å². The number of fused-ring (bicyclic) bond motifs is 3. The van der Waals surface area contributed by atoms with Gasteiger partial charge in [-0.15, -0.1) is 0 Å². The van der Waals surface area contributed by atoms with E-state index in [-0.39, 0.29) is 5.41 Å². The molecule has 5 rings (SSSR count). The second-order valence-electron chi connectivity index (χ2n) is 7.88. The molecular formula is C25H22N3+. The van der Waals surface area contributed by atoms with Crippen LogP contribution >= 0.6 is 0 Å². The highest BCUT2D eigenvalue weighted by Crippen LogP contribution is 2.39. The fourth-order valence-electron chi connectivity index (χ4n) is 4.22. The van der Waals surface area contributed by atoms with Crippen LogP contribution in [0.1, 0.15) is 25.0 Å². The standard InChI is InChI=1S/C25H22N3/c1-25(2)18-8-4-7-11-23(18)28(3)24(25)15-13-17-12-14-21-22(16-17)27-20-10-6-5-9-19(20)26-21/h4-16H,1-3H3/q+1. The lowest BCUT2D eigenvalue weighted by Crippen LogP contribution is -2.26. The molecular weight excluding hydrogens is 342 g/mol. The lowest BCUT2D eigenvalue weighted by Gasteiger charge is -2.15. The van der Waals surface area contributed by atoms with Crippen LogP contribution in [0.25, 0.3) is 28.1 Å². The summed E-state index contributed by atoms with van der Waals surface area (Å²) in [5.41, 5.74) is 8.76. The molecule has 1 aliphatic heterocycles. The van der Waals surface area contributed by atoms with Gasteiger partial charge >= 0.3 is 0 Å². The number of para-hydroxylation sites is 3. The molecule has 2 heterocycles. The van der Waals surface area contributed by atoms with Crippen LogP contribution in [0.2, 0.25) is 0 Å². The van der Waals surface area contributed by atoms with Crippen LogP contribution in [0.5, 0.6) is 0 Å². The number of aromatic nitrogens is 2. The Morgan fingerprint density at radius 3 is 2.14 bits per heavy atom. The van der Waals surface area contributed by atoms with Crippen molar-refractivity contribution in [2.24, 2.45) is 0 Å². The van der Waals surface area contributed by atoms with E-state index in [1.54, 1.807) is 0 Å². The lowest BCUT2D eigenvalue weighted by molar-refractivity contribution is -0.401. The van der Waals surface area contributed by atoms with E-state index < -0.39 is 0 Å². The average molecular weight is 364 g/mol. The molecule has 1 aliphatic rings. The third kappa shape index (κ3) is 2.55. The first-order valence-electron chi connectivity index (χ1n) is 9.59. The van der Waals surface area contributed by atoms with E-state index in [2.05, 4.69) is 80.1 Å². The number of hydrogen-bond acceptors (Lipinski definition) is 2. The van der Waals surface area contributed by atoms with Gasteiger partial charge in [-0.1, -0.05) is 36.4 Å². The van der Waals surface area contributed by atoms with Crippen molar-refractivity contribution in [1.82, 2.24) is 9.97 Å². The number of rotatable bonds is 2. The quantitative estimate of drug-likeness (QED) is 0.347. The first-order chi connectivity index (χ1) is 13.5. The van der Waals surface area contributed by atoms with E-state index in [9.17, 15) is 0 Å². The topological polar surface area (TPSA) is 28.8 Å². The first-order valence-corrected chi connectivity index (χ1v) is 9.59. The molecule has 3 heteroatoms. The summed E-state index contributed by atoms with van der Waals surface area (Å²) in [6.07, 6.45) is 4.41. The molecule has 0 unspecified atom stereocenters. The van der Waals surface area contributed by atoms with Gasteiger partial charge in [-0.3, -0.25) is 0 Å². The van der Waals surface area contributed by atoms with Crippen molar-refractivity contribution in [3.05, 3.63) is 83.9 Å². The van der Waals surface area contributed by atoms with Gasteiger partial charge in [0.25, 0.3) is 0 Å². The number of nitrogens with zero attached hydrogens (tertiary/aromatic N) is 3. The Labute approximate surface area is 164 Å². The molecule has 0 saturated carbocycles. The molecule has 0 saturated heterocycles. The zero-order valence-electron chi connectivity index (χ0n) is 16.3. The summed E-state index contributed by atoms with van der Waals surface area (Å²) in [4.78, 5) is 9.50. The number of hydrogen-bond donors (Lipinski definition) is 0. The summed E-state index contributed by atoms with van der Waals surface area (Å²) in [5, 5.41) is 0. The van der Waals surface area contributed by atoms with Crippen molar-refractivity contribution >= 4 is 39.5 Å². The molecule has 0 radical (unpaired) electrons. The van der Waals surface area contributed by atoms with Crippen LogP contribution in [0.15, 0.2) is 72.8 Å². The van der Waals surface area contributed by atoms with Crippen LogP contribution in [-0.2, 0) is 5.41 Å². The maximum Gasteiger partial charge on any atom is 0.209 e. The minimum absolute atomic E-state index is 0.0191. The molecule has 136 valence electrons. The molecule has 0 aliphatic carbocycles. The van der Waals surface area contributed by atoms with Gasteiger partial charge in [0.15, 0.2) is 5.71 Å². The SMILES string of the molecule is C[N+]1=C(/C=C/c2ccc3nc4ccccc4nc3c2)C(C)(C)c2ccccc21. The van der Waals surface area contributed by atoms with E-state index >= 15 is 0 Å². The molecule has 0 bridgehead atoms. The molecule has 4 aromatic rings. The van der Waals surface area contributed by atoms with Gasteiger partial charge in [0.05, 0.1) is 27.5 Å². The fourth-order valence-corrected chi connectivity index (χ4v) is 4.22. The van der Waals surface area contributed by atoms with E-state index in [1.807, 2.05) is 24.3 Å². The van der Waals surface area contributed by atoms with Gasteiger partial charge < -0.3 is 0 Å². The molecule has 1 aromatic heterocycles. The minimum atomic E-state index is -0.0191. The third-order valence-electron chi connectivity index (χ3n) is 5.74. The van der Waals surface area contributed by atoms with Crippen molar-refractivity contribution < 1.29 is 4.58 Å². The Morgan fingerprint density at radius 1 is 0.750 bits per heavy atom. The Hall–Kier alpha value is -3.33. The number of allylic oxidation sites excluding steroid dienone is 1. The normalized spacial score (nSPS) is 15.7. The van der Waals surface area contributed by atoms with Crippen molar-refractivity contribution in [2.45, 2.75) is 19.3 Å². The highest BCUT2D eigenvalue weighted by atomic mass is 15.0. The van der Waals surface area contributed by atoms with Crippen LogP contribution in [0.4, 0.5) is 5.69 Å². The molecule has 0 atom stereocenters. The van der Waals surface area contributed by atoms with E-state index in [0.29, 0.717) is 0 Å². The Kier molecular flexibility index (Phi) is 3.66. The third-order valence-corrected chi connectivity index (χ3v) is 5.74. The Bertz CT molecular complexity index is 1300. The van der Waals surface area contributed by atoms with Crippen LogP contribution in [0, 0.1) is 0 Å². The fraction of sp³-hybridized carbons (Fsp3) is 0.160. The van der Waals surface area contributed by atoms with Crippen LogP contribution < -0.4 is 0 Å². The highest BCUT2D eigenvalue weighted by molar-refractivity contribution is 6.05. The maximum atomic E-state index is 4.78. The van der Waals surface area contributed by atoms with Gasteiger partial charge in [0, 0.05) is 17.7 Å². The summed E-state index contributed by atoms with van der Waals surface area (Å²) in [5.74, 6) is 0. The monoisotopic (exact) mass is 364 g/mol. The summed E-state index contributed by atoms with van der Waals surface area (Å²) in [6.45, 7) is 4.57. The Morgan fingerprint density at radius 2 is 1.39 bits per heavy atom. The van der Waals surface area contributed by atoms with Gasteiger partial charge in [0.2, 0.25) is 5.69 Å².